The van der Waals surface area contributed by atoms with Gasteiger partial charge in [-0.05, 0) is 13.8 Å². The Balaban J connectivity index is 2.80. The highest BCUT2D eigenvalue weighted by atomic mass is 79.9. The number of alkyl halides is 2. The van der Waals surface area contributed by atoms with Crippen LogP contribution < -0.4 is 11.2 Å². The van der Waals surface area contributed by atoms with E-state index < -0.39 is 0 Å². The Bertz CT molecular complexity index is 716. The average molecular weight is 394 g/mol. The van der Waals surface area contributed by atoms with E-state index in [1.54, 1.807) is 13.8 Å². The lowest BCUT2D eigenvalue weighted by Crippen LogP contribution is -2.41. The second-order valence-corrected chi connectivity index (χ2v) is 6.16. The molecule has 1 unspecified atom stereocenters. The lowest BCUT2D eigenvalue weighted by molar-refractivity contribution is 0.589. The molecule has 1 N–H and O–H groups in total. The molecule has 104 valence electrons. The molecule has 0 fully saturated rings. The number of hydrogen-bond acceptors (Lipinski definition) is 3. The van der Waals surface area contributed by atoms with E-state index in [-0.39, 0.29) is 16.1 Å². The Kier molecular flexibility index (Phi) is 4.29. The first-order chi connectivity index (χ1) is 8.99. The van der Waals surface area contributed by atoms with Crippen LogP contribution in [0.4, 0.5) is 0 Å². The highest BCUT2D eigenvalue weighted by molar-refractivity contribution is 9.12. The quantitative estimate of drug-likeness (QED) is 0.797. The van der Waals surface area contributed by atoms with Crippen LogP contribution in [0, 0.1) is 6.92 Å². The first-order valence-corrected chi connectivity index (χ1v) is 7.93. The Hall–Kier alpha value is -0.890. The number of aryl methyl sites for hydroxylation is 1. The van der Waals surface area contributed by atoms with E-state index >= 15 is 0 Å². The molecule has 2 aromatic rings. The minimum absolute atomic E-state index is 0.0909. The van der Waals surface area contributed by atoms with E-state index in [4.69, 9.17) is 0 Å². The minimum atomic E-state index is -0.322. The zero-order valence-corrected chi connectivity index (χ0v) is 13.8. The summed E-state index contributed by atoms with van der Waals surface area (Å²) >= 11 is 6.83. The molecule has 19 heavy (non-hydrogen) atoms. The van der Waals surface area contributed by atoms with Gasteiger partial charge in [0.15, 0.2) is 5.65 Å². The third-order valence-corrected chi connectivity index (χ3v) is 5.11. The molecule has 1 atom stereocenters. The van der Waals surface area contributed by atoms with Gasteiger partial charge >= 0.3 is 5.69 Å². The molecule has 8 heteroatoms. The van der Waals surface area contributed by atoms with Gasteiger partial charge in [-0.15, -0.1) is 0 Å². The summed E-state index contributed by atoms with van der Waals surface area (Å²) in [5.74, 6) is 0.624. The summed E-state index contributed by atoms with van der Waals surface area (Å²) in [7, 11) is 0. The van der Waals surface area contributed by atoms with Crippen molar-refractivity contribution in [1.29, 1.82) is 0 Å². The van der Waals surface area contributed by atoms with Crippen LogP contribution in [0.3, 0.4) is 0 Å². The Morgan fingerprint density at radius 3 is 2.63 bits per heavy atom. The number of H-pyrrole nitrogens is 1. The lowest BCUT2D eigenvalue weighted by atomic mass is 10.4. The molecular weight excluding hydrogens is 380 g/mol. The summed E-state index contributed by atoms with van der Waals surface area (Å²) in [4.78, 5) is 31.8. The molecule has 0 bridgehead atoms. The van der Waals surface area contributed by atoms with E-state index in [1.165, 1.54) is 9.13 Å². The van der Waals surface area contributed by atoms with Gasteiger partial charge in [0.2, 0.25) is 0 Å². The summed E-state index contributed by atoms with van der Waals surface area (Å²) in [5.41, 5.74) is 0.164. The van der Waals surface area contributed by atoms with Gasteiger partial charge in [-0.3, -0.25) is 13.9 Å². The molecule has 0 spiro atoms. The van der Waals surface area contributed by atoms with E-state index in [0.717, 1.165) is 0 Å². The monoisotopic (exact) mass is 392 g/mol. The fraction of sp³-hybridized carbons (Fsp3) is 0.545. The Morgan fingerprint density at radius 2 is 2.05 bits per heavy atom. The Labute approximate surface area is 126 Å². The van der Waals surface area contributed by atoms with Gasteiger partial charge in [0, 0.05) is 23.2 Å². The van der Waals surface area contributed by atoms with E-state index in [9.17, 15) is 9.59 Å². The van der Waals surface area contributed by atoms with Crippen molar-refractivity contribution >= 4 is 43.0 Å². The fourth-order valence-electron chi connectivity index (χ4n) is 1.97. The van der Waals surface area contributed by atoms with Gasteiger partial charge in [0.25, 0.3) is 5.56 Å². The second kappa shape index (κ2) is 5.62. The van der Waals surface area contributed by atoms with Crippen molar-refractivity contribution < 1.29 is 0 Å². The van der Waals surface area contributed by atoms with Crippen molar-refractivity contribution in [3.63, 3.8) is 0 Å². The van der Waals surface area contributed by atoms with Crippen LogP contribution in [0.5, 0.6) is 0 Å². The second-order valence-electron chi connectivity index (χ2n) is 4.21. The minimum Gasteiger partial charge on any atom is -0.336 e. The van der Waals surface area contributed by atoms with Crippen molar-refractivity contribution in [1.82, 2.24) is 19.1 Å². The molecule has 0 aliphatic carbocycles. The van der Waals surface area contributed by atoms with Crippen LogP contribution in [0.2, 0.25) is 0 Å². The maximum absolute atomic E-state index is 12.3. The average Bonchev–Trinajstić information content (AvgIpc) is 2.77. The summed E-state index contributed by atoms with van der Waals surface area (Å²) in [6.07, 6.45) is 0. The standard InChI is InChI=1S/C11H14Br2N4O2/c1-3-16-10(18)8-9(15-6(2)14-8)17(11(16)19)5-7(13)4-12/h7H,3-5H2,1-2H3,(H,14,15). The fourth-order valence-corrected chi connectivity index (χ4v) is 2.47. The zero-order chi connectivity index (χ0) is 14.2. The first-order valence-electron chi connectivity index (χ1n) is 5.89. The molecule has 0 saturated heterocycles. The topological polar surface area (TPSA) is 72.7 Å². The first kappa shape index (κ1) is 14.5. The molecule has 2 heterocycles. The zero-order valence-electron chi connectivity index (χ0n) is 10.6. The van der Waals surface area contributed by atoms with Crippen LogP contribution in [-0.2, 0) is 13.1 Å². The van der Waals surface area contributed by atoms with Crippen molar-refractivity contribution in [2.75, 3.05) is 5.33 Å². The number of aromatic amines is 1. The largest absolute Gasteiger partial charge is 0.336 e. The predicted molar refractivity (Wildman–Crippen MR) is 81.5 cm³/mol. The van der Waals surface area contributed by atoms with Crippen LogP contribution in [0.15, 0.2) is 9.59 Å². The van der Waals surface area contributed by atoms with E-state index in [0.29, 0.717) is 35.4 Å². The van der Waals surface area contributed by atoms with E-state index in [1.807, 2.05) is 0 Å². The molecule has 0 aromatic carbocycles. The third kappa shape index (κ3) is 2.55. The molecule has 6 nitrogen and oxygen atoms in total. The van der Waals surface area contributed by atoms with Crippen molar-refractivity contribution in [3.8, 4) is 0 Å². The number of halogens is 2. The maximum Gasteiger partial charge on any atom is 0.332 e. The molecule has 0 aliphatic rings. The number of nitrogens with zero attached hydrogens (tertiary/aromatic N) is 3. The SMILES string of the molecule is CCn1c(=O)c2[nH]c(C)nc2n(CC(Br)CBr)c1=O. The summed E-state index contributed by atoms with van der Waals surface area (Å²) in [5, 5.41) is 0.704. The number of nitrogens with one attached hydrogen (secondary N) is 1. The van der Waals surface area contributed by atoms with Gasteiger partial charge in [0.05, 0.1) is 0 Å². The highest BCUT2D eigenvalue weighted by Gasteiger charge is 2.17. The number of hydrogen-bond donors (Lipinski definition) is 1. The lowest BCUT2D eigenvalue weighted by Gasteiger charge is -2.12. The van der Waals surface area contributed by atoms with Crippen LogP contribution in [0.1, 0.15) is 12.7 Å². The molecule has 0 amide bonds. The molecular formula is C11H14Br2N4O2. The predicted octanol–water partition coefficient (Wildman–Crippen LogP) is 1.37. The highest BCUT2D eigenvalue weighted by Crippen LogP contribution is 2.10. The number of aromatic nitrogens is 4. The van der Waals surface area contributed by atoms with E-state index in [2.05, 4.69) is 41.8 Å². The van der Waals surface area contributed by atoms with Gasteiger partial charge < -0.3 is 4.98 Å². The third-order valence-electron chi connectivity index (χ3n) is 2.84. The molecule has 2 aromatic heterocycles. The van der Waals surface area contributed by atoms with Gasteiger partial charge in [-0.1, -0.05) is 31.9 Å². The summed E-state index contributed by atoms with van der Waals surface area (Å²) < 4.78 is 2.75. The van der Waals surface area contributed by atoms with Crippen molar-refractivity contribution in [2.24, 2.45) is 0 Å². The smallest absolute Gasteiger partial charge is 0.332 e. The molecule has 0 radical (unpaired) electrons. The van der Waals surface area contributed by atoms with Crippen LogP contribution >= 0.6 is 31.9 Å². The van der Waals surface area contributed by atoms with Gasteiger partial charge in [0.1, 0.15) is 11.3 Å². The van der Waals surface area contributed by atoms with Crippen molar-refractivity contribution in [2.45, 2.75) is 31.8 Å². The Morgan fingerprint density at radius 1 is 1.37 bits per heavy atom. The van der Waals surface area contributed by atoms with Crippen molar-refractivity contribution in [3.05, 3.63) is 26.7 Å². The van der Waals surface area contributed by atoms with Gasteiger partial charge in [-0.25, -0.2) is 9.78 Å². The number of fused-ring (bicyclic) bond motifs is 1. The van der Waals surface area contributed by atoms with Crippen LogP contribution in [0.25, 0.3) is 11.2 Å². The molecule has 0 aliphatic heterocycles. The normalized spacial score (nSPS) is 13.1. The van der Waals surface area contributed by atoms with Crippen LogP contribution in [-0.4, -0.2) is 29.3 Å². The molecule has 0 saturated carbocycles. The summed E-state index contributed by atoms with van der Waals surface area (Å²) in [6, 6.07) is 0. The number of imidazole rings is 1. The number of rotatable bonds is 4. The van der Waals surface area contributed by atoms with Gasteiger partial charge in [-0.2, -0.15) is 0 Å². The molecule has 2 rings (SSSR count). The summed E-state index contributed by atoms with van der Waals surface area (Å²) in [6.45, 7) is 4.33. The maximum atomic E-state index is 12.3.